The molecule has 22 heavy (non-hydrogen) atoms. The second kappa shape index (κ2) is 7.09. The Balaban J connectivity index is 1.97. The zero-order valence-electron chi connectivity index (χ0n) is 12.4. The molecule has 2 rings (SSSR count). The van der Waals surface area contributed by atoms with Gasteiger partial charge in [-0.15, -0.1) is 0 Å². The molecule has 2 aromatic rings. The maximum absolute atomic E-state index is 12.0. The average molecular weight is 317 g/mol. The molecule has 0 aromatic heterocycles. The van der Waals surface area contributed by atoms with Crippen molar-refractivity contribution < 1.29 is 9.59 Å². The summed E-state index contributed by atoms with van der Waals surface area (Å²) in [4.78, 5) is 23.8. The largest absolute Gasteiger partial charge is 0.326 e. The van der Waals surface area contributed by atoms with Crippen LogP contribution in [-0.2, 0) is 9.59 Å². The third kappa shape index (κ3) is 4.33. The fourth-order valence-electron chi connectivity index (χ4n) is 2.13. The van der Waals surface area contributed by atoms with Crippen LogP contribution in [0, 0.1) is 13.8 Å². The summed E-state index contributed by atoms with van der Waals surface area (Å²) in [6.07, 6.45) is -0.265. The van der Waals surface area contributed by atoms with Crippen molar-refractivity contribution in [2.45, 2.75) is 20.3 Å². The topological polar surface area (TPSA) is 58.2 Å². The number of carbonyl (C=O) groups excluding carboxylic acids is 2. The van der Waals surface area contributed by atoms with E-state index in [1.807, 2.05) is 38.1 Å². The lowest BCUT2D eigenvalue weighted by Gasteiger charge is -2.11. The molecule has 5 heteroatoms. The molecule has 0 fully saturated rings. The molecule has 0 atom stereocenters. The first-order valence-corrected chi connectivity index (χ1v) is 7.25. The number of hydrogen-bond donors (Lipinski definition) is 2. The summed E-state index contributed by atoms with van der Waals surface area (Å²) in [7, 11) is 0. The number of amides is 2. The van der Waals surface area contributed by atoms with Crippen LogP contribution in [0.1, 0.15) is 17.5 Å². The lowest BCUT2D eigenvalue weighted by Crippen LogP contribution is -2.22. The minimum atomic E-state index is -0.401. The van der Waals surface area contributed by atoms with E-state index in [1.165, 1.54) is 0 Å². The minimum Gasteiger partial charge on any atom is -0.326 e. The van der Waals surface area contributed by atoms with Gasteiger partial charge in [-0.25, -0.2) is 0 Å². The minimum absolute atomic E-state index is 0.265. The van der Waals surface area contributed by atoms with Crippen molar-refractivity contribution >= 4 is 34.8 Å². The van der Waals surface area contributed by atoms with Gasteiger partial charge in [-0.3, -0.25) is 9.59 Å². The third-order valence-electron chi connectivity index (χ3n) is 3.07. The number of nitrogens with one attached hydrogen (secondary N) is 2. The highest BCUT2D eigenvalue weighted by Crippen LogP contribution is 2.27. The van der Waals surface area contributed by atoms with Crippen LogP contribution in [0.15, 0.2) is 42.5 Å². The first-order chi connectivity index (χ1) is 10.5. The van der Waals surface area contributed by atoms with Gasteiger partial charge in [0.1, 0.15) is 6.42 Å². The van der Waals surface area contributed by atoms with E-state index in [2.05, 4.69) is 10.6 Å². The predicted octanol–water partition coefficient (Wildman–Crippen LogP) is 3.92. The Labute approximate surface area is 134 Å². The lowest BCUT2D eigenvalue weighted by atomic mass is 10.1. The van der Waals surface area contributed by atoms with Crippen molar-refractivity contribution in [2.24, 2.45) is 0 Å². The van der Waals surface area contributed by atoms with Crippen molar-refractivity contribution in [3.8, 4) is 0 Å². The Kier molecular flexibility index (Phi) is 5.17. The van der Waals surface area contributed by atoms with Crippen molar-refractivity contribution in [3.05, 3.63) is 58.6 Å². The first-order valence-electron chi connectivity index (χ1n) is 6.87. The van der Waals surface area contributed by atoms with Gasteiger partial charge < -0.3 is 10.6 Å². The quantitative estimate of drug-likeness (QED) is 0.840. The number of halogens is 1. The lowest BCUT2D eigenvalue weighted by molar-refractivity contribution is -0.123. The molecule has 0 aliphatic heterocycles. The molecule has 114 valence electrons. The van der Waals surface area contributed by atoms with Gasteiger partial charge in [-0.1, -0.05) is 35.9 Å². The van der Waals surface area contributed by atoms with E-state index in [9.17, 15) is 9.59 Å². The molecule has 0 bridgehead atoms. The van der Waals surface area contributed by atoms with Gasteiger partial charge in [0.05, 0.1) is 10.7 Å². The molecule has 0 saturated heterocycles. The molecule has 2 N–H and O–H groups in total. The van der Waals surface area contributed by atoms with Gasteiger partial charge >= 0.3 is 0 Å². The molecule has 0 radical (unpaired) electrons. The van der Waals surface area contributed by atoms with Crippen LogP contribution in [0.2, 0.25) is 5.02 Å². The number of rotatable bonds is 4. The number of hydrogen-bond acceptors (Lipinski definition) is 2. The Morgan fingerprint density at radius 3 is 2.27 bits per heavy atom. The molecule has 0 spiro atoms. The zero-order chi connectivity index (χ0) is 16.1. The summed E-state index contributed by atoms with van der Waals surface area (Å²) in [6.45, 7) is 3.79. The number of benzene rings is 2. The molecule has 4 nitrogen and oxygen atoms in total. The number of aryl methyl sites for hydroxylation is 2. The second-order valence-corrected chi connectivity index (χ2v) is 5.48. The van der Waals surface area contributed by atoms with Crippen molar-refractivity contribution in [1.29, 1.82) is 0 Å². The highest BCUT2D eigenvalue weighted by molar-refractivity contribution is 6.34. The Hall–Kier alpha value is -2.33. The average Bonchev–Trinajstić information content (AvgIpc) is 2.43. The van der Waals surface area contributed by atoms with Crippen molar-refractivity contribution in [3.63, 3.8) is 0 Å². The zero-order valence-corrected chi connectivity index (χ0v) is 13.2. The molecule has 2 aromatic carbocycles. The van der Waals surface area contributed by atoms with Gasteiger partial charge in [0.2, 0.25) is 11.8 Å². The van der Waals surface area contributed by atoms with Crippen LogP contribution >= 0.6 is 11.6 Å². The summed E-state index contributed by atoms with van der Waals surface area (Å²) in [5.41, 5.74) is 3.08. The standard InChI is InChI=1S/C17H17ClN2O2/c1-11-8-12(2)17(14(18)9-11)20-16(22)10-15(21)19-13-6-4-3-5-7-13/h3-9H,10H2,1-2H3,(H,19,21)(H,20,22). The molecule has 0 unspecified atom stereocenters. The number of anilines is 2. The van der Waals surface area contributed by atoms with E-state index in [1.54, 1.807) is 18.2 Å². The summed E-state index contributed by atoms with van der Waals surface area (Å²) < 4.78 is 0. The second-order valence-electron chi connectivity index (χ2n) is 5.08. The summed E-state index contributed by atoms with van der Waals surface area (Å²) in [6, 6.07) is 12.7. The predicted molar refractivity (Wildman–Crippen MR) is 89.2 cm³/mol. The van der Waals surface area contributed by atoms with Crippen LogP contribution in [0.25, 0.3) is 0 Å². The fraction of sp³-hybridized carbons (Fsp3) is 0.176. The van der Waals surface area contributed by atoms with Gasteiger partial charge in [0.15, 0.2) is 0 Å². The van der Waals surface area contributed by atoms with E-state index >= 15 is 0 Å². The monoisotopic (exact) mass is 316 g/mol. The number of para-hydroxylation sites is 1. The van der Waals surface area contributed by atoms with Gasteiger partial charge in [0, 0.05) is 5.69 Å². The maximum Gasteiger partial charge on any atom is 0.233 e. The first kappa shape index (κ1) is 16.0. The van der Waals surface area contributed by atoms with E-state index < -0.39 is 5.91 Å². The maximum atomic E-state index is 12.0. The van der Waals surface area contributed by atoms with Gasteiger partial charge in [-0.2, -0.15) is 0 Å². The Bertz CT molecular complexity index is 676. The van der Waals surface area contributed by atoms with Crippen LogP contribution in [0.5, 0.6) is 0 Å². The molecule has 2 amide bonds. The normalized spacial score (nSPS) is 10.1. The van der Waals surface area contributed by atoms with Gasteiger partial charge in [-0.05, 0) is 43.2 Å². The highest BCUT2D eigenvalue weighted by atomic mass is 35.5. The fourth-order valence-corrected chi connectivity index (χ4v) is 2.50. The third-order valence-corrected chi connectivity index (χ3v) is 3.37. The van der Waals surface area contributed by atoms with Crippen LogP contribution in [0.4, 0.5) is 11.4 Å². The van der Waals surface area contributed by atoms with E-state index in [4.69, 9.17) is 11.6 Å². The molecule has 0 aliphatic carbocycles. The van der Waals surface area contributed by atoms with Crippen LogP contribution in [0.3, 0.4) is 0 Å². The number of carbonyl (C=O) groups is 2. The Morgan fingerprint density at radius 1 is 1.00 bits per heavy atom. The van der Waals surface area contributed by atoms with Crippen LogP contribution < -0.4 is 10.6 Å². The SMILES string of the molecule is Cc1cc(C)c(NC(=O)CC(=O)Nc2ccccc2)c(Cl)c1. The van der Waals surface area contributed by atoms with E-state index in [0.717, 1.165) is 11.1 Å². The highest BCUT2D eigenvalue weighted by Gasteiger charge is 2.13. The van der Waals surface area contributed by atoms with Crippen molar-refractivity contribution in [2.75, 3.05) is 10.6 Å². The van der Waals surface area contributed by atoms with E-state index in [0.29, 0.717) is 16.4 Å². The van der Waals surface area contributed by atoms with E-state index in [-0.39, 0.29) is 12.3 Å². The van der Waals surface area contributed by atoms with Gasteiger partial charge in [0.25, 0.3) is 0 Å². The molecule has 0 aliphatic rings. The Morgan fingerprint density at radius 2 is 1.64 bits per heavy atom. The van der Waals surface area contributed by atoms with Crippen LogP contribution in [-0.4, -0.2) is 11.8 Å². The summed E-state index contributed by atoms with van der Waals surface area (Å²) in [5.74, 6) is -0.771. The molecule has 0 saturated carbocycles. The molecular weight excluding hydrogens is 300 g/mol. The smallest absolute Gasteiger partial charge is 0.233 e. The summed E-state index contributed by atoms with van der Waals surface area (Å²) >= 11 is 6.13. The van der Waals surface area contributed by atoms with Crippen molar-refractivity contribution in [1.82, 2.24) is 0 Å². The molecule has 0 heterocycles. The summed E-state index contributed by atoms with van der Waals surface area (Å²) in [5, 5.41) is 5.82. The molecular formula is C17H17ClN2O2.